The third-order valence-corrected chi connectivity index (χ3v) is 8.99. The second kappa shape index (κ2) is 10.5. The fraction of sp³-hybridized carbons (Fsp3) is 0.583. The molecule has 0 atom stereocenters. The van der Waals surface area contributed by atoms with E-state index in [0.29, 0.717) is 10.9 Å². The van der Waals surface area contributed by atoms with Gasteiger partial charge < -0.3 is 15.1 Å². The van der Waals surface area contributed by atoms with Gasteiger partial charge in [0.15, 0.2) is 0 Å². The number of hydrogen-bond donors (Lipinski definition) is 1. The van der Waals surface area contributed by atoms with E-state index < -0.39 is 0 Å². The van der Waals surface area contributed by atoms with Crippen LogP contribution < -0.4 is 26.2 Å². The summed E-state index contributed by atoms with van der Waals surface area (Å²) in [6.07, 6.45) is 6.87. The highest BCUT2D eigenvalue weighted by molar-refractivity contribution is 7.17. The first-order chi connectivity index (χ1) is 18.1. The van der Waals surface area contributed by atoms with Crippen molar-refractivity contribution in [3.63, 3.8) is 0 Å². The number of nitrogens with zero attached hydrogens (tertiary/aromatic N) is 8. The molecule has 0 radical (unpaired) electrons. The highest BCUT2D eigenvalue weighted by atomic mass is 32.1. The Morgan fingerprint density at radius 3 is 2.05 bits per heavy atom. The Balaban J connectivity index is 0.000000136. The van der Waals surface area contributed by atoms with E-state index in [9.17, 15) is 9.59 Å². The first-order valence-electron chi connectivity index (χ1n) is 13.1. The molecule has 3 fully saturated rings. The maximum atomic E-state index is 12.1. The topological polar surface area (TPSA) is 113 Å². The van der Waals surface area contributed by atoms with Crippen molar-refractivity contribution in [2.75, 3.05) is 49.1 Å². The Bertz CT molecular complexity index is 1510. The number of rotatable bonds is 4. The zero-order valence-corrected chi connectivity index (χ0v) is 22.6. The van der Waals surface area contributed by atoms with Gasteiger partial charge in [0.2, 0.25) is 9.92 Å². The molecular weight excluding hydrogens is 510 g/mol. The predicted molar refractivity (Wildman–Crippen MR) is 147 cm³/mol. The van der Waals surface area contributed by atoms with Crippen molar-refractivity contribution in [3.8, 4) is 0 Å². The SMILES string of the molecule is CCc1nn2c(=O)cc(N3CCCCC3)nc2s1.O=c1cc(N2CCNCC2)nc2sc(C3CC3)nn12. The fourth-order valence-electron chi connectivity index (χ4n) is 4.63. The highest BCUT2D eigenvalue weighted by Crippen LogP contribution is 2.41. The smallest absolute Gasteiger partial charge is 0.277 e. The Labute approximate surface area is 221 Å². The summed E-state index contributed by atoms with van der Waals surface area (Å²) in [6, 6.07) is 3.21. The third kappa shape index (κ3) is 5.25. The summed E-state index contributed by atoms with van der Waals surface area (Å²) in [7, 11) is 0. The summed E-state index contributed by atoms with van der Waals surface area (Å²) in [5.74, 6) is 2.16. The van der Waals surface area contributed by atoms with Crippen LogP contribution in [0, 0.1) is 0 Å². The highest BCUT2D eigenvalue weighted by Gasteiger charge is 2.28. The van der Waals surface area contributed by atoms with Crippen LogP contribution >= 0.6 is 22.7 Å². The number of anilines is 2. The number of aryl methyl sites for hydroxylation is 1. The van der Waals surface area contributed by atoms with Crippen LogP contribution in [0.3, 0.4) is 0 Å². The lowest BCUT2D eigenvalue weighted by atomic mass is 10.1. The van der Waals surface area contributed by atoms with Crippen LogP contribution in [0.5, 0.6) is 0 Å². The van der Waals surface area contributed by atoms with Gasteiger partial charge >= 0.3 is 0 Å². The molecule has 1 N–H and O–H groups in total. The van der Waals surface area contributed by atoms with Gasteiger partial charge in [-0.3, -0.25) is 9.59 Å². The van der Waals surface area contributed by atoms with Gasteiger partial charge in [-0.2, -0.15) is 19.2 Å². The number of piperazine rings is 1. The summed E-state index contributed by atoms with van der Waals surface area (Å²) in [5, 5.41) is 14.0. The van der Waals surface area contributed by atoms with Gasteiger partial charge in [-0.1, -0.05) is 29.6 Å². The molecule has 2 saturated heterocycles. The van der Waals surface area contributed by atoms with Crippen molar-refractivity contribution in [3.05, 3.63) is 42.9 Å². The summed E-state index contributed by atoms with van der Waals surface area (Å²) in [5.41, 5.74) is -0.141. The molecule has 0 aromatic carbocycles. The van der Waals surface area contributed by atoms with E-state index in [1.807, 2.05) is 6.92 Å². The number of aromatic nitrogens is 6. The van der Waals surface area contributed by atoms with Crippen LogP contribution in [0.1, 0.15) is 55.0 Å². The van der Waals surface area contributed by atoms with Crippen molar-refractivity contribution in [1.29, 1.82) is 0 Å². The number of nitrogens with one attached hydrogen (secondary N) is 1. The molecule has 0 amide bonds. The van der Waals surface area contributed by atoms with E-state index in [1.165, 1.54) is 52.5 Å². The molecule has 7 rings (SSSR count). The molecule has 0 unspecified atom stereocenters. The van der Waals surface area contributed by atoms with E-state index in [0.717, 1.165) is 72.3 Å². The second-order valence-corrected chi connectivity index (χ2v) is 11.7. The molecule has 11 nitrogen and oxygen atoms in total. The molecule has 0 spiro atoms. The molecular formula is C24H31N9O2S2. The van der Waals surface area contributed by atoms with Crippen LogP contribution in [0.2, 0.25) is 0 Å². The quantitative estimate of drug-likeness (QED) is 0.415. The van der Waals surface area contributed by atoms with Crippen LogP contribution in [-0.4, -0.2) is 68.5 Å². The zero-order valence-electron chi connectivity index (χ0n) is 20.9. The number of fused-ring (bicyclic) bond motifs is 2. The molecule has 4 aromatic heterocycles. The maximum Gasteiger partial charge on any atom is 0.277 e. The van der Waals surface area contributed by atoms with Crippen LogP contribution in [-0.2, 0) is 6.42 Å². The monoisotopic (exact) mass is 541 g/mol. The van der Waals surface area contributed by atoms with Gasteiger partial charge in [-0.15, -0.1) is 0 Å². The van der Waals surface area contributed by atoms with Crippen molar-refractivity contribution in [2.24, 2.45) is 0 Å². The first kappa shape index (κ1) is 24.4. The first-order valence-corrected chi connectivity index (χ1v) is 14.7. The summed E-state index contributed by atoms with van der Waals surface area (Å²) < 4.78 is 2.86. The average molecular weight is 542 g/mol. The third-order valence-electron chi connectivity index (χ3n) is 6.87. The van der Waals surface area contributed by atoms with Gasteiger partial charge in [0.25, 0.3) is 11.1 Å². The Morgan fingerprint density at radius 1 is 0.838 bits per heavy atom. The van der Waals surface area contributed by atoms with Crippen molar-refractivity contribution in [2.45, 2.75) is 51.4 Å². The molecule has 196 valence electrons. The predicted octanol–water partition coefficient (Wildman–Crippen LogP) is 2.14. The molecule has 1 aliphatic carbocycles. The molecule has 4 aromatic rings. The summed E-state index contributed by atoms with van der Waals surface area (Å²) in [4.78, 5) is 39.1. The van der Waals surface area contributed by atoms with E-state index >= 15 is 0 Å². The van der Waals surface area contributed by atoms with E-state index in [2.05, 4.69) is 35.3 Å². The molecule has 37 heavy (non-hydrogen) atoms. The fourth-order valence-corrected chi connectivity index (χ4v) is 6.53. The normalized spacial score (nSPS) is 18.3. The zero-order chi connectivity index (χ0) is 25.4. The standard InChI is InChI=1S/C12H15N5OS.C12H16N4OS/c18-10-7-9(16-5-3-13-4-6-16)14-12-17(10)15-11(19-12)8-1-2-8;1-2-10-14-16-11(17)8-9(13-12(16)18-10)15-6-4-3-5-7-15/h7-8,13H,1-6H2;8H,2-7H2,1H3. The minimum Gasteiger partial charge on any atom is -0.356 e. The number of piperidine rings is 1. The van der Waals surface area contributed by atoms with Gasteiger partial charge in [-0.25, -0.2) is 9.97 Å². The maximum absolute atomic E-state index is 12.1. The second-order valence-electron chi connectivity index (χ2n) is 9.64. The average Bonchev–Trinajstić information content (AvgIpc) is 3.54. The number of hydrogen-bond acceptors (Lipinski definition) is 11. The van der Waals surface area contributed by atoms with Crippen molar-refractivity contribution < 1.29 is 0 Å². The van der Waals surface area contributed by atoms with E-state index in [-0.39, 0.29) is 11.1 Å². The molecule has 6 heterocycles. The Hall–Kier alpha value is -2.90. The van der Waals surface area contributed by atoms with Crippen LogP contribution in [0.25, 0.3) is 9.92 Å². The van der Waals surface area contributed by atoms with Gasteiger partial charge in [0, 0.05) is 57.3 Å². The molecule has 1 saturated carbocycles. The molecule has 2 aliphatic heterocycles. The van der Waals surface area contributed by atoms with Crippen LogP contribution in [0.4, 0.5) is 11.6 Å². The molecule has 0 bridgehead atoms. The minimum absolute atomic E-state index is 0.0679. The van der Waals surface area contributed by atoms with Crippen molar-refractivity contribution >= 4 is 44.2 Å². The molecule has 13 heteroatoms. The lowest BCUT2D eigenvalue weighted by Gasteiger charge is -2.27. The lowest BCUT2D eigenvalue weighted by Crippen LogP contribution is -2.44. The molecule has 3 aliphatic rings. The van der Waals surface area contributed by atoms with E-state index in [4.69, 9.17) is 0 Å². The largest absolute Gasteiger partial charge is 0.356 e. The van der Waals surface area contributed by atoms with Gasteiger partial charge in [-0.05, 0) is 38.5 Å². The Morgan fingerprint density at radius 2 is 1.43 bits per heavy atom. The summed E-state index contributed by atoms with van der Waals surface area (Å²) >= 11 is 3.06. The van der Waals surface area contributed by atoms with Crippen LogP contribution in [0.15, 0.2) is 21.7 Å². The van der Waals surface area contributed by atoms with E-state index in [1.54, 1.807) is 23.5 Å². The minimum atomic E-state index is -0.0727. The summed E-state index contributed by atoms with van der Waals surface area (Å²) in [6.45, 7) is 7.72. The van der Waals surface area contributed by atoms with Crippen molar-refractivity contribution in [1.82, 2.24) is 34.5 Å². The van der Waals surface area contributed by atoms with Gasteiger partial charge in [0.1, 0.15) is 21.7 Å². The Kier molecular flexibility index (Phi) is 6.91. The van der Waals surface area contributed by atoms with Gasteiger partial charge in [0.05, 0.1) is 0 Å². The lowest BCUT2D eigenvalue weighted by molar-refractivity contribution is 0.573.